The number of hydrogen-bond donors (Lipinski definition) is 3. The van der Waals surface area contributed by atoms with Crippen molar-refractivity contribution in [2.75, 3.05) is 13.6 Å². The van der Waals surface area contributed by atoms with E-state index in [0.717, 1.165) is 0 Å². The lowest BCUT2D eigenvalue weighted by Gasteiger charge is -2.24. The number of carbonyl (C=O) groups excluding carboxylic acids is 2. The van der Waals surface area contributed by atoms with Crippen molar-refractivity contribution in [1.29, 1.82) is 0 Å². The van der Waals surface area contributed by atoms with Crippen LogP contribution in [0.5, 0.6) is 0 Å². The van der Waals surface area contributed by atoms with Gasteiger partial charge in [-0.25, -0.2) is 4.79 Å². The van der Waals surface area contributed by atoms with Crippen LogP contribution in [0.25, 0.3) is 0 Å². The monoisotopic (exact) mass is 231 g/mol. The molecule has 0 aromatic carbocycles. The lowest BCUT2D eigenvalue weighted by Crippen LogP contribution is -2.48. The van der Waals surface area contributed by atoms with Crippen molar-refractivity contribution < 1.29 is 19.5 Å². The van der Waals surface area contributed by atoms with Gasteiger partial charge in [-0.3, -0.25) is 19.8 Å². The summed E-state index contributed by atoms with van der Waals surface area (Å²) in [6, 6.07) is -1.54. The molecule has 0 bridgehead atoms. The van der Waals surface area contributed by atoms with Gasteiger partial charge in [-0.1, -0.05) is 6.92 Å². The summed E-state index contributed by atoms with van der Waals surface area (Å²) in [5.41, 5.74) is 4.80. The van der Waals surface area contributed by atoms with Gasteiger partial charge >= 0.3 is 12.0 Å². The maximum atomic E-state index is 11.3. The van der Waals surface area contributed by atoms with Crippen molar-refractivity contribution >= 4 is 17.9 Å². The maximum absolute atomic E-state index is 11.3. The largest absolute Gasteiger partial charge is 0.481 e. The Morgan fingerprint density at radius 2 is 1.88 bits per heavy atom. The molecule has 0 fully saturated rings. The summed E-state index contributed by atoms with van der Waals surface area (Å²) < 4.78 is 0. The molecule has 3 amide bonds. The van der Waals surface area contributed by atoms with Gasteiger partial charge in [0.25, 0.3) is 0 Å². The smallest absolute Gasteiger partial charge is 0.318 e. The first-order valence-electron chi connectivity index (χ1n) is 4.79. The summed E-state index contributed by atoms with van der Waals surface area (Å²) in [4.78, 5) is 33.9. The molecule has 2 atom stereocenters. The number of carboxylic acids is 1. The number of amides is 3. The standard InChI is InChI=1S/C9H17N3O4/c1-5(8(14)15)4-12(3)6(2)7(13)11-9(10)16/h5-6H,4H2,1-3H3,(H,14,15)(H3,10,11,13,16). The number of urea groups is 1. The van der Waals surface area contributed by atoms with Crippen LogP contribution in [0.3, 0.4) is 0 Å². The van der Waals surface area contributed by atoms with E-state index in [9.17, 15) is 14.4 Å². The van der Waals surface area contributed by atoms with Gasteiger partial charge in [0.1, 0.15) is 0 Å². The average Bonchev–Trinajstić information content (AvgIpc) is 2.14. The fraction of sp³-hybridized carbons (Fsp3) is 0.667. The number of rotatable bonds is 5. The van der Waals surface area contributed by atoms with Crippen molar-refractivity contribution in [2.24, 2.45) is 11.7 Å². The number of carbonyl (C=O) groups is 3. The van der Waals surface area contributed by atoms with Crippen LogP contribution >= 0.6 is 0 Å². The van der Waals surface area contributed by atoms with E-state index in [-0.39, 0.29) is 6.54 Å². The Bertz CT molecular complexity index is 292. The minimum Gasteiger partial charge on any atom is -0.481 e. The summed E-state index contributed by atoms with van der Waals surface area (Å²) in [7, 11) is 1.60. The highest BCUT2D eigenvalue weighted by Crippen LogP contribution is 2.02. The van der Waals surface area contributed by atoms with Crippen LogP contribution in [-0.4, -0.2) is 47.5 Å². The molecule has 0 aliphatic rings. The van der Waals surface area contributed by atoms with Crippen LogP contribution in [0.2, 0.25) is 0 Å². The highest BCUT2D eigenvalue weighted by molar-refractivity contribution is 5.96. The van der Waals surface area contributed by atoms with Crippen LogP contribution in [0.1, 0.15) is 13.8 Å². The van der Waals surface area contributed by atoms with Gasteiger partial charge in [-0.2, -0.15) is 0 Å². The Morgan fingerprint density at radius 1 is 1.38 bits per heavy atom. The van der Waals surface area contributed by atoms with Gasteiger partial charge in [-0.05, 0) is 14.0 Å². The second-order valence-corrected chi connectivity index (χ2v) is 3.71. The minimum absolute atomic E-state index is 0.211. The highest BCUT2D eigenvalue weighted by atomic mass is 16.4. The van der Waals surface area contributed by atoms with Crippen LogP contribution in [0.4, 0.5) is 4.79 Å². The Labute approximate surface area is 93.6 Å². The van der Waals surface area contributed by atoms with Crippen LogP contribution in [0, 0.1) is 5.92 Å². The third-order valence-corrected chi connectivity index (χ3v) is 2.27. The molecule has 0 aromatic rings. The summed E-state index contributed by atoms with van der Waals surface area (Å²) in [5, 5.41) is 10.6. The lowest BCUT2D eigenvalue weighted by molar-refractivity contribution is -0.142. The number of nitrogens with one attached hydrogen (secondary N) is 1. The molecule has 0 aromatic heterocycles. The molecular formula is C9H17N3O4. The SMILES string of the molecule is CC(CN(C)C(C)C(=O)NC(N)=O)C(=O)O. The van der Waals surface area contributed by atoms with E-state index in [1.807, 2.05) is 5.32 Å². The van der Waals surface area contributed by atoms with Crippen LogP contribution < -0.4 is 11.1 Å². The molecule has 0 radical (unpaired) electrons. The van der Waals surface area contributed by atoms with Crippen molar-refractivity contribution in [3.05, 3.63) is 0 Å². The van der Waals surface area contributed by atoms with Gasteiger partial charge < -0.3 is 10.8 Å². The normalized spacial score (nSPS) is 14.2. The van der Waals surface area contributed by atoms with Crippen LogP contribution in [-0.2, 0) is 9.59 Å². The number of nitrogens with two attached hydrogens (primary N) is 1. The molecule has 4 N–H and O–H groups in total. The molecule has 0 spiro atoms. The summed E-state index contributed by atoms with van der Waals surface area (Å²) in [5.74, 6) is -2.07. The Kier molecular flexibility index (Phi) is 5.44. The molecular weight excluding hydrogens is 214 g/mol. The molecule has 0 saturated carbocycles. The van der Waals surface area contributed by atoms with Crippen molar-refractivity contribution in [2.45, 2.75) is 19.9 Å². The van der Waals surface area contributed by atoms with Gasteiger partial charge in [0.15, 0.2) is 0 Å². The molecule has 7 heteroatoms. The molecule has 0 aliphatic carbocycles. The number of aliphatic carboxylic acids is 1. The minimum atomic E-state index is -0.936. The molecule has 16 heavy (non-hydrogen) atoms. The number of nitrogens with zero attached hydrogens (tertiary/aromatic N) is 1. The van der Waals surface area contributed by atoms with Gasteiger partial charge in [0.05, 0.1) is 12.0 Å². The first kappa shape index (κ1) is 14.4. The van der Waals surface area contributed by atoms with E-state index in [0.29, 0.717) is 0 Å². The van der Waals surface area contributed by atoms with E-state index < -0.39 is 29.9 Å². The van der Waals surface area contributed by atoms with Crippen molar-refractivity contribution in [1.82, 2.24) is 10.2 Å². The average molecular weight is 231 g/mol. The van der Waals surface area contributed by atoms with E-state index >= 15 is 0 Å². The Balaban J connectivity index is 4.27. The quantitative estimate of drug-likeness (QED) is 0.574. The molecule has 2 unspecified atom stereocenters. The lowest BCUT2D eigenvalue weighted by atomic mass is 10.1. The van der Waals surface area contributed by atoms with E-state index in [1.165, 1.54) is 11.8 Å². The highest BCUT2D eigenvalue weighted by Gasteiger charge is 2.22. The summed E-state index contributed by atoms with van der Waals surface area (Å²) in [6.07, 6.45) is 0. The molecule has 92 valence electrons. The maximum Gasteiger partial charge on any atom is 0.318 e. The first-order valence-corrected chi connectivity index (χ1v) is 4.79. The zero-order valence-electron chi connectivity index (χ0n) is 9.56. The van der Waals surface area contributed by atoms with Crippen molar-refractivity contribution in [3.8, 4) is 0 Å². The second-order valence-electron chi connectivity index (χ2n) is 3.71. The molecule has 0 saturated heterocycles. The number of likely N-dealkylation sites (N-methyl/N-ethyl adjacent to an activating group) is 1. The second kappa shape index (κ2) is 6.06. The molecule has 0 aliphatic heterocycles. The fourth-order valence-electron chi connectivity index (χ4n) is 1.09. The molecule has 0 rings (SSSR count). The predicted octanol–water partition coefficient (Wildman–Crippen LogP) is -0.778. The van der Waals surface area contributed by atoms with E-state index in [4.69, 9.17) is 10.8 Å². The number of primary amides is 1. The predicted molar refractivity (Wildman–Crippen MR) is 56.6 cm³/mol. The first-order chi connectivity index (χ1) is 7.25. The van der Waals surface area contributed by atoms with E-state index in [2.05, 4.69) is 0 Å². The Hall–Kier alpha value is -1.63. The van der Waals surface area contributed by atoms with Gasteiger partial charge in [0.2, 0.25) is 5.91 Å². The number of hydrogen-bond acceptors (Lipinski definition) is 4. The summed E-state index contributed by atoms with van der Waals surface area (Å²) in [6.45, 7) is 3.31. The van der Waals surface area contributed by atoms with Crippen molar-refractivity contribution in [3.63, 3.8) is 0 Å². The fourth-order valence-corrected chi connectivity index (χ4v) is 1.09. The Morgan fingerprint density at radius 3 is 2.25 bits per heavy atom. The summed E-state index contributed by atoms with van der Waals surface area (Å²) >= 11 is 0. The van der Waals surface area contributed by atoms with Crippen LogP contribution in [0.15, 0.2) is 0 Å². The number of imide groups is 1. The van der Waals surface area contributed by atoms with Gasteiger partial charge in [0, 0.05) is 6.54 Å². The molecule has 0 heterocycles. The number of carboxylic acid groups (broad SMARTS) is 1. The third-order valence-electron chi connectivity index (χ3n) is 2.27. The third kappa shape index (κ3) is 4.74. The zero-order valence-corrected chi connectivity index (χ0v) is 9.56. The topological polar surface area (TPSA) is 113 Å². The van der Waals surface area contributed by atoms with Gasteiger partial charge in [-0.15, -0.1) is 0 Å². The molecule has 7 nitrogen and oxygen atoms in total. The zero-order chi connectivity index (χ0) is 12.9. The van der Waals surface area contributed by atoms with E-state index in [1.54, 1.807) is 14.0 Å².